The summed E-state index contributed by atoms with van der Waals surface area (Å²) in [4.78, 5) is 24.0. The van der Waals surface area contributed by atoms with Gasteiger partial charge in [-0.1, -0.05) is 27.2 Å². The van der Waals surface area contributed by atoms with Gasteiger partial charge in [-0.15, -0.1) is 11.3 Å². The van der Waals surface area contributed by atoms with Crippen molar-refractivity contribution in [2.24, 2.45) is 11.8 Å². The van der Waals surface area contributed by atoms with E-state index in [1.165, 1.54) is 11.3 Å². The first-order valence-corrected chi connectivity index (χ1v) is 7.37. The number of aromatic carboxylic acids is 1. The van der Waals surface area contributed by atoms with Gasteiger partial charge in [0.15, 0.2) is 0 Å². The summed E-state index contributed by atoms with van der Waals surface area (Å²) in [7, 11) is 0. The van der Waals surface area contributed by atoms with E-state index < -0.39 is 5.97 Å². The van der Waals surface area contributed by atoms with Crippen molar-refractivity contribution in [3.63, 3.8) is 0 Å². The van der Waals surface area contributed by atoms with E-state index >= 15 is 0 Å². The first-order chi connectivity index (χ1) is 8.95. The second kappa shape index (κ2) is 7.28. The minimum Gasteiger partial charge on any atom is -0.477 e. The minimum atomic E-state index is -0.923. The molecule has 1 heterocycles. The first kappa shape index (κ1) is 15.7. The van der Waals surface area contributed by atoms with E-state index in [9.17, 15) is 9.59 Å². The molecule has 0 bridgehead atoms. The van der Waals surface area contributed by atoms with Gasteiger partial charge in [0.25, 0.3) is 0 Å². The van der Waals surface area contributed by atoms with Crippen LogP contribution in [0.5, 0.6) is 0 Å². The van der Waals surface area contributed by atoms with Crippen LogP contribution in [0.1, 0.15) is 48.2 Å². The normalized spacial score (nSPS) is 12.4. The molecule has 106 valence electrons. The van der Waals surface area contributed by atoms with Crippen molar-refractivity contribution < 1.29 is 14.7 Å². The highest BCUT2D eigenvalue weighted by atomic mass is 32.1. The average molecular weight is 283 g/mol. The fourth-order valence-electron chi connectivity index (χ4n) is 1.97. The Hall–Kier alpha value is -1.36. The predicted molar refractivity (Wildman–Crippen MR) is 76.4 cm³/mol. The topological polar surface area (TPSA) is 66.4 Å². The van der Waals surface area contributed by atoms with Gasteiger partial charge in [0.05, 0.1) is 6.54 Å². The molecule has 0 spiro atoms. The minimum absolute atomic E-state index is 0.0314. The predicted octanol–water partition coefficient (Wildman–Crippen LogP) is 3.13. The van der Waals surface area contributed by atoms with E-state index in [-0.39, 0.29) is 11.8 Å². The van der Waals surface area contributed by atoms with Crippen molar-refractivity contribution >= 4 is 23.2 Å². The molecular formula is C14H21NO3S. The molecule has 0 aliphatic heterocycles. The van der Waals surface area contributed by atoms with Gasteiger partial charge in [-0.2, -0.15) is 0 Å². The molecule has 2 N–H and O–H groups in total. The van der Waals surface area contributed by atoms with Crippen LogP contribution in [0.25, 0.3) is 0 Å². The summed E-state index contributed by atoms with van der Waals surface area (Å²) in [5.41, 5.74) is 0. The van der Waals surface area contributed by atoms with Crippen molar-refractivity contribution in [2.45, 2.75) is 40.2 Å². The van der Waals surface area contributed by atoms with Crippen molar-refractivity contribution in [3.05, 3.63) is 21.9 Å². The third-order valence-corrected chi connectivity index (χ3v) is 4.12. The van der Waals surface area contributed by atoms with E-state index in [0.717, 1.165) is 17.7 Å². The van der Waals surface area contributed by atoms with Gasteiger partial charge in [0.2, 0.25) is 5.91 Å². The summed E-state index contributed by atoms with van der Waals surface area (Å²) < 4.78 is 0. The summed E-state index contributed by atoms with van der Waals surface area (Å²) in [6.45, 7) is 6.58. The zero-order valence-corrected chi connectivity index (χ0v) is 12.4. The van der Waals surface area contributed by atoms with Crippen molar-refractivity contribution in [3.8, 4) is 0 Å². The maximum absolute atomic E-state index is 12.1. The smallest absolute Gasteiger partial charge is 0.345 e. The molecule has 1 atom stereocenters. The Kier molecular flexibility index (Phi) is 6.02. The third kappa shape index (κ3) is 4.67. The van der Waals surface area contributed by atoms with Crippen molar-refractivity contribution in [1.29, 1.82) is 0 Å². The molecular weight excluding hydrogens is 262 g/mol. The number of amides is 1. The molecule has 0 aliphatic rings. The maximum atomic E-state index is 12.1. The van der Waals surface area contributed by atoms with Gasteiger partial charge in [-0.25, -0.2) is 4.79 Å². The van der Waals surface area contributed by atoms with Gasteiger partial charge in [-0.3, -0.25) is 4.79 Å². The molecule has 0 saturated heterocycles. The molecule has 0 aliphatic carbocycles. The molecule has 0 aromatic carbocycles. The molecule has 0 radical (unpaired) electrons. The van der Waals surface area contributed by atoms with Crippen molar-refractivity contribution in [2.75, 3.05) is 0 Å². The number of carboxylic acids is 1. The standard InChI is InChI=1S/C14H21NO3S/c1-4-5-11(9(2)3)13(16)15-8-10-6-7-12(19-10)14(17)18/h6-7,9,11H,4-5,8H2,1-3H3,(H,15,16)(H,17,18). The molecule has 4 nitrogen and oxygen atoms in total. The van der Waals surface area contributed by atoms with Gasteiger partial charge >= 0.3 is 5.97 Å². The van der Waals surface area contributed by atoms with Crippen LogP contribution >= 0.6 is 11.3 Å². The van der Waals surface area contributed by atoms with Crippen molar-refractivity contribution in [1.82, 2.24) is 5.32 Å². The average Bonchev–Trinajstić information content (AvgIpc) is 2.81. The Morgan fingerprint density at radius 1 is 1.37 bits per heavy atom. The maximum Gasteiger partial charge on any atom is 0.345 e. The van der Waals surface area contributed by atoms with Gasteiger partial charge < -0.3 is 10.4 Å². The number of hydrogen-bond donors (Lipinski definition) is 2. The summed E-state index contributed by atoms with van der Waals surface area (Å²) in [6.07, 6.45) is 1.87. The highest BCUT2D eigenvalue weighted by Gasteiger charge is 2.20. The van der Waals surface area contributed by atoms with Gasteiger partial charge in [0, 0.05) is 10.8 Å². The molecule has 1 unspecified atom stereocenters. The van der Waals surface area contributed by atoms with Crippen LogP contribution in [0.15, 0.2) is 12.1 Å². The molecule has 19 heavy (non-hydrogen) atoms. The van der Waals surface area contributed by atoms with Gasteiger partial charge in [-0.05, 0) is 24.5 Å². The van der Waals surface area contributed by atoms with Crippen LogP contribution in [0.2, 0.25) is 0 Å². The molecule has 0 fully saturated rings. The van der Waals surface area contributed by atoms with Crippen LogP contribution in [-0.4, -0.2) is 17.0 Å². The zero-order chi connectivity index (χ0) is 14.4. The largest absolute Gasteiger partial charge is 0.477 e. The third-order valence-electron chi connectivity index (χ3n) is 3.05. The lowest BCUT2D eigenvalue weighted by molar-refractivity contribution is -0.126. The second-order valence-corrected chi connectivity index (χ2v) is 6.10. The second-order valence-electron chi connectivity index (χ2n) is 4.93. The summed E-state index contributed by atoms with van der Waals surface area (Å²) in [5, 5.41) is 11.7. The highest BCUT2D eigenvalue weighted by Crippen LogP contribution is 2.19. The fraction of sp³-hybridized carbons (Fsp3) is 0.571. The summed E-state index contributed by atoms with van der Waals surface area (Å²) in [6, 6.07) is 3.32. The van der Waals surface area contributed by atoms with E-state index in [4.69, 9.17) is 5.11 Å². The number of carboxylic acid groups (broad SMARTS) is 1. The molecule has 1 rings (SSSR count). The Morgan fingerprint density at radius 3 is 2.53 bits per heavy atom. The lowest BCUT2D eigenvalue weighted by Crippen LogP contribution is -2.32. The molecule has 0 saturated carbocycles. The van der Waals surface area contributed by atoms with Crippen LogP contribution in [0.3, 0.4) is 0 Å². The van der Waals surface area contributed by atoms with Crippen LogP contribution in [0, 0.1) is 11.8 Å². The monoisotopic (exact) mass is 283 g/mol. The zero-order valence-electron chi connectivity index (χ0n) is 11.6. The molecule has 1 aromatic heterocycles. The van der Waals surface area contributed by atoms with Crippen LogP contribution < -0.4 is 5.32 Å². The number of nitrogens with one attached hydrogen (secondary N) is 1. The number of rotatable bonds is 7. The molecule has 1 amide bonds. The van der Waals surface area contributed by atoms with E-state index in [0.29, 0.717) is 17.3 Å². The molecule has 5 heteroatoms. The van der Waals surface area contributed by atoms with Crippen LogP contribution in [-0.2, 0) is 11.3 Å². The summed E-state index contributed by atoms with van der Waals surface area (Å²) >= 11 is 1.20. The fourth-order valence-corrected chi connectivity index (χ4v) is 2.76. The Bertz CT molecular complexity index is 440. The highest BCUT2D eigenvalue weighted by molar-refractivity contribution is 7.13. The first-order valence-electron chi connectivity index (χ1n) is 6.55. The van der Waals surface area contributed by atoms with E-state index in [1.54, 1.807) is 12.1 Å². The van der Waals surface area contributed by atoms with E-state index in [1.807, 2.05) is 13.8 Å². The Labute approximate surface area is 117 Å². The van der Waals surface area contributed by atoms with E-state index in [2.05, 4.69) is 12.2 Å². The lowest BCUT2D eigenvalue weighted by Gasteiger charge is -2.19. The van der Waals surface area contributed by atoms with Crippen LogP contribution in [0.4, 0.5) is 0 Å². The SMILES string of the molecule is CCCC(C(=O)NCc1ccc(C(=O)O)s1)C(C)C. The number of carbonyl (C=O) groups excluding carboxylic acids is 1. The molecule has 1 aromatic rings. The van der Waals surface area contributed by atoms with Gasteiger partial charge in [0.1, 0.15) is 4.88 Å². The number of carbonyl (C=O) groups is 2. The number of thiophene rings is 1. The quantitative estimate of drug-likeness (QED) is 0.808. The number of hydrogen-bond acceptors (Lipinski definition) is 3. The summed E-state index contributed by atoms with van der Waals surface area (Å²) in [5.74, 6) is -0.516. The Morgan fingerprint density at radius 2 is 2.05 bits per heavy atom. The lowest BCUT2D eigenvalue weighted by atomic mass is 9.90. The Balaban J connectivity index is 2.54.